The summed E-state index contributed by atoms with van der Waals surface area (Å²) in [5, 5.41) is 14.1. The number of aliphatic carboxylic acids is 1. The summed E-state index contributed by atoms with van der Waals surface area (Å²) in [6, 6.07) is 7.72. The average molecular weight is 264 g/mol. The van der Waals surface area contributed by atoms with E-state index in [0.29, 0.717) is 13.0 Å². The number of hydrogen-bond donors (Lipinski definition) is 3. The minimum atomic E-state index is -0.817. The van der Waals surface area contributed by atoms with Crippen LogP contribution in [0.25, 0.3) is 0 Å². The van der Waals surface area contributed by atoms with Gasteiger partial charge in [0, 0.05) is 12.1 Å². The van der Waals surface area contributed by atoms with Crippen molar-refractivity contribution in [3.63, 3.8) is 0 Å². The minimum absolute atomic E-state index is 0.118. The normalized spacial score (nSPS) is 10.2. The van der Waals surface area contributed by atoms with Crippen LogP contribution in [0.1, 0.15) is 25.3 Å². The minimum Gasteiger partial charge on any atom is -0.481 e. The molecule has 0 saturated carbocycles. The monoisotopic (exact) mass is 264 g/mol. The van der Waals surface area contributed by atoms with Crippen LogP contribution in [0, 0.1) is 0 Å². The Bertz CT molecular complexity index is 415. The lowest BCUT2D eigenvalue weighted by atomic mass is 10.1. The van der Waals surface area contributed by atoms with Gasteiger partial charge in [0.15, 0.2) is 0 Å². The van der Waals surface area contributed by atoms with Crippen LogP contribution in [0.3, 0.4) is 0 Å². The van der Waals surface area contributed by atoms with Crippen LogP contribution >= 0.6 is 0 Å². The number of benzene rings is 1. The molecule has 1 rings (SSSR count). The summed E-state index contributed by atoms with van der Waals surface area (Å²) in [6.07, 6.45) is 1.61. The predicted molar refractivity (Wildman–Crippen MR) is 74.2 cm³/mol. The number of carboxylic acid groups (broad SMARTS) is 1. The second-order valence-electron chi connectivity index (χ2n) is 4.27. The second kappa shape index (κ2) is 8.26. The Hall–Kier alpha value is -1.88. The zero-order valence-corrected chi connectivity index (χ0v) is 11.1. The molecule has 1 amide bonds. The number of amides is 1. The van der Waals surface area contributed by atoms with Gasteiger partial charge in [-0.2, -0.15) is 0 Å². The Balaban J connectivity index is 2.21. The maximum atomic E-state index is 11.6. The van der Waals surface area contributed by atoms with E-state index in [4.69, 9.17) is 5.11 Å². The Morgan fingerprint density at radius 3 is 2.47 bits per heavy atom. The molecule has 0 bridgehead atoms. The van der Waals surface area contributed by atoms with Crippen molar-refractivity contribution in [3.05, 3.63) is 29.8 Å². The highest BCUT2D eigenvalue weighted by Crippen LogP contribution is 2.09. The molecule has 0 radical (unpaired) electrons. The molecule has 1 aromatic rings. The van der Waals surface area contributed by atoms with Gasteiger partial charge in [-0.3, -0.25) is 9.59 Å². The summed E-state index contributed by atoms with van der Waals surface area (Å²) in [5.74, 6) is -0.943. The lowest BCUT2D eigenvalue weighted by Gasteiger charge is -2.07. The van der Waals surface area contributed by atoms with E-state index in [-0.39, 0.29) is 18.9 Å². The summed E-state index contributed by atoms with van der Waals surface area (Å²) in [7, 11) is 0. The molecular weight excluding hydrogens is 244 g/mol. The van der Waals surface area contributed by atoms with Gasteiger partial charge in [-0.1, -0.05) is 19.1 Å². The van der Waals surface area contributed by atoms with Crippen molar-refractivity contribution in [2.45, 2.75) is 26.2 Å². The van der Waals surface area contributed by atoms with Gasteiger partial charge in [0.2, 0.25) is 5.91 Å². The van der Waals surface area contributed by atoms with E-state index < -0.39 is 5.97 Å². The summed E-state index contributed by atoms with van der Waals surface area (Å²) < 4.78 is 0. The zero-order chi connectivity index (χ0) is 14.1. The van der Waals surface area contributed by atoms with Crippen LogP contribution in [0.2, 0.25) is 0 Å². The lowest BCUT2D eigenvalue weighted by Crippen LogP contribution is -2.29. The molecule has 5 heteroatoms. The molecule has 0 atom stereocenters. The van der Waals surface area contributed by atoms with E-state index in [0.717, 1.165) is 12.1 Å². The number of carboxylic acids is 1. The summed E-state index contributed by atoms with van der Waals surface area (Å²) in [6.45, 7) is 2.79. The first-order valence-electron chi connectivity index (χ1n) is 6.43. The fourth-order valence-corrected chi connectivity index (χ4v) is 1.60. The van der Waals surface area contributed by atoms with Gasteiger partial charge in [-0.25, -0.2) is 0 Å². The van der Waals surface area contributed by atoms with Crippen molar-refractivity contribution in [3.8, 4) is 0 Å². The molecule has 3 N–H and O–H groups in total. The Morgan fingerprint density at radius 1 is 1.21 bits per heavy atom. The fraction of sp³-hybridized carbons (Fsp3) is 0.429. The third-order valence-electron chi connectivity index (χ3n) is 2.68. The first-order valence-corrected chi connectivity index (χ1v) is 6.43. The summed E-state index contributed by atoms with van der Waals surface area (Å²) >= 11 is 0. The van der Waals surface area contributed by atoms with E-state index in [1.54, 1.807) is 0 Å². The highest BCUT2D eigenvalue weighted by Gasteiger charge is 2.02. The molecular formula is C14H20N2O3. The van der Waals surface area contributed by atoms with E-state index in [1.165, 1.54) is 5.56 Å². The van der Waals surface area contributed by atoms with Gasteiger partial charge in [-0.05, 0) is 37.1 Å². The van der Waals surface area contributed by atoms with Crippen molar-refractivity contribution in [1.82, 2.24) is 5.32 Å². The SMILES string of the molecule is CCc1ccc(NC(=O)CNCCCC(=O)O)cc1. The smallest absolute Gasteiger partial charge is 0.303 e. The molecule has 0 fully saturated rings. The number of aryl methyl sites for hydroxylation is 1. The van der Waals surface area contributed by atoms with Crippen molar-refractivity contribution in [2.75, 3.05) is 18.4 Å². The third kappa shape index (κ3) is 6.57. The quantitative estimate of drug-likeness (QED) is 0.624. The van der Waals surface area contributed by atoms with Gasteiger partial charge in [0.1, 0.15) is 0 Å². The lowest BCUT2D eigenvalue weighted by molar-refractivity contribution is -0.137. The van der Waals surface area contributed by atoms with E-state index in [1.807, 2.05) is 24.3 Å². The highest BCUT2D eigenvalue weighted by atomic mass is 16.4. The molecule has 0 aliphatic heterocycles. The number of carbonyl (C=O) groups is 2. The predicted octanol–water partition coefficient (Wildman–Crippen LogP) is 1.64. The zero-order valence-electron chi connectivity index (χ0n) is 11.1. The van der Waals surface area contributed by atoms with Crippen LogP contribution < -0.4 is 10.6 Å². The van der Waals surface area contributed by atoms with Crippen LogP contribution in [-0.4, -0.2) is 30.1 Å². The van der Waals surface area contributed by atoms with Crippen molar-refractivity contribution in [1.29, 1.82) is 0 Å². The molecule has 0 heterocycles. The fourth-order valence-electron chi connectivity index (χ4n) is 1.60. The van der Waals surface area contributed by atoms with E-state index >= 15 is 0 Å². The van der Waals surface area contributed by atoms with E-state index in [9.17, 15) is 9.59 Å². The third-order valence-corrected chi connectivity index (χ3v) is 2.68. The molecule has 0 aromatic heterocycles. The van der Waals surface area contributed by atoms with E-state index in [2.05, 4.69) is 17.6 Å². The molecule has 1 aromatic carbocycles. The first-order chi connectivity index (χ1) is 9.11. The molecule has 0 saturated heterocycles. The molecule has 0 spiro atoms. The number of rotatable bonds is 8. The second-order valence-corrected chi connectivity index (χ2v) is 4.27. The van der Waals surface area contributed by atoms with Crippen molar-refractivity contribution < 1.29 is 14.7 Å². The van der Waals surface area contributed by atoms with Gasteiger partial charge < -0.3 is 15.7 Å². The molecule has 104 valence electrons. The average Bonchev–Trinajstić information content (AvgIpc) is 2.39. The molecule has 19 heavy (non-hydrogen) atoms. The standard InChI is InChI=1S/C14H20N2O3/c1-2-11-5-7-12(8-6-11)16-13(17)10-15-9-3-4-14(18)19/h5-8,15H,2-4,9-10H2,1H3,(H,16,17)(H,18,19). The molecule has 0 unspecified atom stereocenters. The molecule has 0 aliphatic rings. The van der Waals surface area contributed by atoms with Gasteiger partial charge in [-0.15, -0.1) is 0 Å². The molecule has 5 nitrogen and oxygen atoms in total. The van der Waals surface area contributed by atoms with Crippen molar-refractivity contribution >= 4 is 17.6 Å². The van der Waals surface area contributed by atoms with Crippen LogP contribution in [0.4, 0.5) is 5.69 Å². The number of nitrogens with one attached hydrogen (secondary N) is 2. The Morgan fingerprint density at radius 2 is 1.89 bits per heavy atom. The van der Waals surface area contributed by atoms with Crippen LogP contribution in [0.15, 0.2) is 24.3 Å². The summed E-state index contributed by atoms with van der Waals surface area (Å²) in [4.78, 5) is 21.9. The number of hydrogen-bond acceptors (Lipinski definition) is 3. The van der Waals surface area contributed by atoms with Crippen LogP contribution in [0.5, 0.6) is 0 Å². The topological polar surface area (TPSA) is 78.4 Å². The summed E-state index contributed by atoms with van der Waals surface area (Å²) in [5.41, 5.74) is 2.00. The van der Waals surface area contributed by atoms with Gasteiger partial charge >= 0.3 is 5.97 Å². The number of anilines is 1. The first kappa shape index (κ1) is 15.2. The molecule has 0 aliphatic carbocycles. The maximum absolute atomic E-state index is 11.6. The van der Waals surface area contributed by atoms with Crippen molar-refractivity contribution in [2.24, 2.45) is 0 Å². The largest absolute Gasteiger partial charge is 0.481 e. The Labute approximate surface area is 113 Å². The Kier molecular flexibility index (Phi) is 6.60. The van der Waals surface area contributed by atoms with Crippen LogP contribution in [-0.2, 0) is 16.0 Å². The maximum Gasteiger partial charge on any atom is 0.303 e. The van der Waals surface area contributed by atoms with Gasteiger partial charge in [0.05, 0.1) is 6.54 Å². The van der Waals surface area contributed by atoms with Gasteiger partial charge in [0.25, 0.3) is 0 Å². The highest BCUT2D eigenvalue weighted by molar-refractivity contribution is 5.92. The number of carbonyl (C=O) groups excluding carboxylic acids is 1.